The molecular weight excluding hydrogens is 321 g/mol. The van der Waals surface area contributed by atoms with Crippen molar-refractivity contribution in [3.8, 4) is 0 Å². The Kier molecular flexibility index (Phi) is 4.65. The van der Waals surface area contributed by atoms with Gasteiger partial charge in [-0.1, -0.05) is 30.0 Å². The number of benzene rings is 1. The maximum Gasteiger partial charge on any atom is 0.239 e. The van der Waals surface area contributed by atoms with Crippen molar-refractivity contribution in [3.63, 3.8) is 0 Å². The molecule has 0 saturated carbocycles. The molecule has 112 valence electrons. The van der Waals surface area contributed by atoms with Gasteiger partial charge in [0.2, 0.25) is 5.91 Å². The van der Waals surface area contributed by atoms with Crippen LogP contribution in [0, 0.1) is 5.82 Å². The van der Waals surface area contributed by atoms with Crippen molar-refractivity contribution in [2.24, 2.45) is 10.2 Å². The van der Waals surface area contributed by atoms with Gasteiger partial charge in [0, 0.05) is 4.88 Å². The molecular formula is C15H12FN3OS2. The molecule has 0 radical (unpaired) electrons. The maximum absolute atomic E-state index is 12.9. The highest BCUT2D eigenvalue weighted by atomic mass is 32.2. The molecule has 2 heterocycles. The zero-order chi connectivity index (χ0) is 15.4. The number of amides is 1. The Morgan fingerprint density at radius 3 is 2.82 bits per heavy atom. The summed E-state index contributed by atoms with van der Waals surface area (Å²) in [7, 11) is 0. The number of thioether (sulfide) groups is 1. The van der Waals surface area contributed by atoms with Gasteiger partial charge in [0.25, 0.3) is 0 Å². The molecule has 1 N–H and O–H groups in total. The first-order chi connectivity index (χ1) is 10.7. The summed E-state index contributed by atoms with van der Waals surface area (Å²) in [6.07, 6.45) is 2.18. The monoisotopic (exact) mass is 333 g/mol. The predicted octanol–water partition coefficient (Wildman–Crippen LogP) is 3.05. The van der Waals surface area contributed by atoms with Gasteiger partial charge in [0.1, 0.15) is 5.82 Å². The van der Waals surface area contributed by atoms with E-state index in [1.807, 2.05) is 17.5 Å². The van der Waals surface area contributed by atoms with Crippen LogP contribution in [0.15, 0.2) is 52.0 Å². The third kappa shape index (κ3) is 3.80. The number of carbonyl (C=O) groups is 1. The van der Waals surface area contributed by atoms with Crippen molar-refractivity contribution in [3.05, 3.63) is 58.0 Å². The van der Waals surface area contributed by atoms with E-state index >= 15 is 0 Å². The largest absolute Gasteiger partial charge is 0.303 e. The fourth-order valence-corrected chi connectivity index (χ4v) is 3.47. The molecule has 0 spiro atoms. The van der Waals surface area contributed by atoms with Crippen molar-refractivity contribution in [2.75, 3.05) is 0 Å². The average molecular weight is 333 g/mol. The molecule has 1 atom stereocenters. The summed E-state index contributed by atoms with van der Waals surface area (Å²) in [5, 5.41) is 12.9. The number of rotatable bonds is 4. The van der Waals surface area contributed by atoms with Gasteiger partial charge in [0.05, 0.1) is 11.5 Å². The Hall–Kier alpha value is -1.99. The quantitative estimate of drug-likeness (QED) is 0.691. The van der Waals surface area contributed by atoms with Crippen LogP contribution in [0.2, 0.25) is 0 Å². The summed E-state index contributed by atoms with van der Waals surface area (Å²) in [4.78, 5) is 12.9. The van der Waals surface area contributed by atoms with E-state index in [-0.39, 0.29) is 17.0 Å². The molecule has 7 heteroatoms. The molecule has 1 saturated heterocycles. The normalized spacial score (nSPS) is 20.0. The van der Waals surface area contributed by atoms with Gasteiger partial charge in [-0.15, -0.1) is 16.4 Å². The van der Waals surface area contributed by atoms with Crippen LogP contribution in [0.25, 0.3) is 0 Å². The van der Waals surface area contributed by atoms with Crippen LogP contribution in [-0.2, 0) is 11.2 Å². The van der Waals surface area contributed by atoms with Crippen LogP contribution in [0.4, 0.5) is 4.39 Å². The third-order valence-electron chi connectivity index (χ3n) is 2.99. The summed E-state index contributed by atoms with van der Waals surface area (Å²) in [5.41, 5.74) is 0.914. The maximum atomic E-state index is 12.9. The van der Waals surface area contributed by atoms with Crippen molar-refractivity contribution >= 4 is 40.4 Å². The Labute approximate surface area is 135 Å². The van der Waals surface area contributed by atoms with Crippen LogP contribution >= 0.6 is 23.1 Å². The molecule has 3 rings (SSSR count). The molecule has 4 nitrogen and oxygen atoms in total. The summed E-state index contributed by atoms with van der Waals surface area (Å²) in [6.45, 7) is 0. The highest BCUT2D eigenvalue weighted by Crippen LogP contribution is 2.23. The minimum absolute atomic E-state index is 0.0978. The first kappa shape index (κ1) is 14.9. The first-order valence-electron chi connectivity index (χ1n) is 6.57. The fraction of sp³-hybridized carbons (Fsp3) is 0.133. The second-order valence-corrected chi connectivity index (χ2v) is 6.76. The standard InChI is InChI=1S/C15H12FN3OS2/c16-11-5-3-10(4-6-11)8-13-14(20)18-15(22-13)19-17-9-12-2-1-7-21-12/h1-7,9,13H,8H2,(H,18,19,20)/b17-9-/t13-/m0/s1. The van der Waals surface area contributed by atoms with Crippen molar-refractivity contribution in [1.82, 2.24) is 5.32 Å². The third-order valence-corrected chi connectivity index (χ3v) is 4.87. The van der Waals surface area contributed by atoms with E-state index in [0.717, 1.165) is 10.4 Å². The topological polar surface area (TPSA) is 53.8 Å². The summed E-state index contributed by atoms with van der Waals surface area (Å²) >= 11 is 2.91. The number of halogens is 1. The van der Waals surface area contributed by atoms with Gasteiger partial charge in [-0.3, -0.25) is 4.79 Å². The smallest absolute Gasteiger partial charge is 0.239 e. The summed E-state index contributed by atoms with van der Waals surface area (Å²) in [5.74, 6) is -0.378. The van der Waals surface area contributed by atoms with Crippen LogP contribution < -0.4 is 5.32 Å². The molecule has 1 aliphatic heterocycles. The van der Waals surface area contributed by atoms with E-state index in [2.05, 4.69) is 15.5 Å². The zero-order valence-corrected chi connectivity index (χ0v) is 13.0. The van der Waals surface area contributed by atoms with Gasteiger partial charge in [-0.25, -0.2) is 4.39 Å². The number of thiophene rings is 1. The van der Waals surface area contributed by atoms with Gasteiger partial charge < -0.3 is 5.32 Å². The second-order valence-electron chi connectivity index (χ2n) is 4.59. The Bertz CT molecular complexity index is 711. The van der Waals surface area contributed by atoms with Gasteiger partial charge >= 0.3 is 0 Å². The van der Waals surface area contributed by atoms with E-state index in [1.165, 1.54) is 23.9 Å². The number of nitrogens with zero attached hydrogens (tertiary/aromatic N) is 2. The lowest BCUT2D eigenvalue weighted by Crippen LogP contribution is -2.25. The SMILES string of the molecule is O=C1N/C(=N\N=C/c2cccs2)S[C@H]1Cc1ccc(F)cc1. The molecule has 1 aromatic heterocycles. The fourth-order valence-electron chi connectivity index (χ4n) is 1.92. The lowest BCUT2D eigenvalue weighted by atomic mass is 10.1. The van der Waals surface area contributed by atoms with E-state index < -0.39 is 0 Å². The van der Waals surface area contributed by atoms with Crippen molar-refractivity contribution in [1.29, 1.82) is 0 Å². The van der Waals surface area contributed by atoms with Crippen LogP contribution in [0.5, 0.6) is 0 Å². The van der Waals surface area contributed by atoms with Gasteiger partial charge in [-0.05, 0) is 35.6 Å². The minimum atomic E-state index is -0.280. The average Bonchev–Trinajstić information content (AvgIpc) is 3.12. The second kappa shape index (κ2) is 6.85. The highest BCUT2D eigenvalue weighted by Gasteiger charge is 2.30. The number of amidine groups is 1. The Balaban J connectivity index is 1.61. The molecule has 0 unspecified atom stereocenters. The van der Waals surface area contributed by atoms with E-state index in [4.69, 9.17) is 0 Å². The molecule has 1 fully saturated rings. The predicted molar refractivity (Wildman–Crippen MR) is 89.0 cm³/mol. The lowest BCUT2D eigenvalue weighted by molar-refractivity contribution is -0.118. The molecule has 1 aromatic carbocycles. The highest BCUT2D eigenvalue weighted by molar-refractivity contribution is 8.15. The molecule has 2 aromatic rings. The van der Waals surface area contributed by atoms with Crippen LogP contribution in [-0.4, -0.2) is 22.5 Å². The van der Waals surface area contributed by atoms with E-state index in [1.54, 1.807) is 29.7 Å². The van der Waals surface area contributed by atoms with Crippen LogP contribution in [0.3, 0.4) is 0 Å². The van der Waals surface area contributed by atoms with Crippen LogP contribution in [0.1, 0.15) is 10.4 Å². The number of hydrogen-bond acceptors (Lipinski definition) is 5. The number of hydrogen-bond donors (Lipinski definition) is 1. The molecule has 0 aliphatic carbocycles. The zero-order valence-electron chi connectivity index (χ0n) is 11.4. The summed E-state index contributed by atoms with van der Waals surface area (Å²) < 4.78 is 12.9. The van der Waals surface area contributed by atoms with Crippen molar-refractivity contribution < 1.29 is 9.18 Å². The lowest BCUT2D eigenvalue weighted by Gasteiger charge is -2.04. The summed E-state index contributed by atoms with van der Waals surface area (Å²) in [6, 6.07) is 10.0. The van der Waals surface area contributed by atoms with Gasteiger partial charge in [-0.2, -0.15) is 5.10 Å². The first-order valence-corrected chi connectivity index (χ1v) is 8.33. The van der Waals surface area contributed by atoms with E-state index in [0.29, 0.717) is 11.6 Å². The number of carbonyl (C=O) groups excluding carboxylic acids is 1. The Morgan fingerprint density at radius 1 is 1.27 bits per heavy atom. The Morgan fingerprint density at radius 2 is 2.09 bits per heavy atom. The van der Waals surface area contributed by atoms with Gasteiger partial charge in [0.15, 0.2) is 5.17 Å². The minimum Gasteiger partial charge on any atom is -0.303 e. The number of nitrogens with one attached hydrogen (secondary N) is 1. The molecule has 1 amide bonds. The molecule has 22 heavy (non-hydrogen) atoms. The van der Waals surface area contributed by atoms with Crippen molar-refractivity contribution in [2.45, 2.75) is 11.7 Å². The molecule has 1 aliphatic rings. The van der Waals surface area contributed by atoms with E-state index in [9.17, 15) is 9.18 Å². The molecule has 0 bridgehead atoms.